The average molecular weight is 250 g/mol. The minimum Gasteiger partial charge on any atom is -0.493 e. The van der Waals surface area contributed by atoms with Crippen molar-refractivity contribution in [1.29, 1.82) is 0 Å². The van der Waals surface area contributed by atoms with Crippen LogP contribution in [0.5, 0.6) is 5.75 Å². The summed E-state index contributed by atoms with van der Waals surface area (Å²) in [6.45, 7) is 2.58. The molecule has 1 aromatic carbocycles. The molecule has 0 bridgehead atoms. The van der Waals surface area contributed by atoms with Gasteiger partial charge in [-0.25, -0.2) is 4.39 Å². The predicted octanol–water partition coefficient (Wildman–Crippen LogP) is 3.45. The number of ether oxygens (including phenoxy) is 1. The van der Waals surface area contributed by atoms with E-state index in [4.69, 9.17) is 4.74 Å². The molecule has 0 unspecified atom stereocenters. The molecule has 94 valence electrons. The maximum atomic E-state index is 13.2. The first kappa shape index (κ1) is 13.5. The fraction of sp³-hybridized carbons (Fsp3) is 0.364. The molecule has 0 amide bonds. The summed E-state index contributed by atoms with van der Waals surface area (Å²) in [6.07, 6.45) is -4.93. The maximum Gasteiger partial charge on any atom is 0.420 e. The van der Waals surface area contributed by atoms with E-state index in [1.165, 1.54) is 0 Å². The molecule has 1 rings (SSSR count). The lowest BCUT2D eigenvalue weighted by Gasteiger charge is -2.15. The lowest BCUT2D eigenvalue weighted by Crippen LogP contribution is -2.16. The fourth-order valence-electron chi connectivity index (χ4n) is 1.46. The topological polar surface area (TPSA) is 26.3 Å². The van der Waals surface area contributed by atoms with Crippen LogP contribution in [0.15, 0.2) is 12.1 Å². The first-order chi connectivity index (χ1) is 7.79. The van der Waals surface area contributed by atoms with Crippen LogP contribution in [0.2, 0.25) is 0 Å². The van der Waals surface area contributed by atoms with Crippen LogP contribution in [-0.2, 0) is 6.18 Å². The van der Waals surface area contributed by atoms with E-state index in [0.717, 1.165) is 13.0 Å². The molecule has 0 radical (unpaired) electrons. The minimum atomic E-state index is -4.93. The van der Waals surface area contributed by atoms with Crippen molar-refractivity contribution < 1.29 is 27.1 Å². The molecule has 0 fully saturated rings. The Kier molecular flexibility index (Phi) is 3.75. The van der Waals surface area contributed by atoms with E-state index in [0.29, 0.717) is 6.07 Å². The first-order valence-corrected chi connectivity index (χ1v) is 4.82. The van der Waals surface area contributed by atoms with Gasteiger partial charge in [-0.15, -0.1) is 0 Å². The largest absolute Gasteiger partial charge is 0.493 e. The van der Waals surface area contributed by atoms with Gasteiger partial charge >= 0.3 is 6.18 Å². The Morgan fingerprint density at radius 2 is 1.94 bits per heavy atom. The summed E-state index contributed by atoms with van der Waals surface area (Å²) in [5.41, 5.74) is -2.34. The highest BCUT2D eigenvalue weighted by Gasteiger charge is 2.39. The van der Waals surface area contributed by atoms with Crippen LogP contribution in [0.3, 0.4) is 0 Å². The van der Waals surface area contributed by atoms with Crippen LogP contribution >= 0.6 is 0 Å². The normalized spacial score (nSPS) is 11.4. The molecule has 2 nitrogen and oxygen atoms in total. The minimum absolute atomic E-state index is 0.0865. The van der Waals surface area contributed by atoms with E-state index in [-0.39, 0.29) is 12.4 Å². The van der Waals surface area contributed by atoms with Crippen molar-refractivity contribution in [3.63, 3.8) is 0 Å². The highest BCUT2D eigenvalue weighted by molar-refractivity contribution is 5.98. The zero-order chi connectivity index (χ0) is 13.2. The van der Waals surface area contributed by atoms with Gasteiger partial charge in [0.25, 0.3) is 0 Å². The third kappa shape index (κ3) is 2.75. The van der Waals surface area contributed by atoms with Crippen molar-refractivity contribution in [2.45, 2.75) is 20.0 Å². The van der Waals surface area contributed by atoms with Gasteiger partial charge in [-0.1, -0.05) is 0 Å². The van der Waals surface area contributed by atoms with Crippen LogP contribution in [-0.4, -0.2) is 12.4 Å². The summed E-state index contributed by atoms with van der Waals surface area (Å²) >= 11 is 0. The van der Waals surface area contributed by atoms with Crippen LogP contribution in [0, 0.1) is 5.82 Å². The number of hydrogen-bond donors (Lipinski definition) is 0. The molecular formula is C11H10F4O2. The molecule has 0 spiro atoms. The number of carbonyl (C=O) groups excluding carboxylic acids is 1. The molecule has 0 saturated carbocycles. The molecule has 0 N–H and O–H groups in total. The highest BCUT2D eigenvalue weighted by Crippen LogP contribution is 2.38. The number of carbonyl (C=O) groups is 1. The van der Waals surface area contributed by atoms with Gasteiger partial charge in [0.1, 0.15) is 17.1 Å². The van der Waals surface area contributed by atoms with Gasteiger partial charge in [0.2, 0.25) is 0 Å². The van der Waals surface area contributed by atoms with E-state index in [9.17, 15) is 22.4 Å². The average Bonchev–Trinajstić information content (AvgIpc) is 2.18. The van der Waals surface area contributed by atoms with Gasteiger partial charge in [0.05, 0.1) is 12.2 Å². The van der Waals surface area contributed by atoms with E-state index in [2.05, 4.69) is 0 Å². The SMILES string of the molecule is CCOc1ccc(F)c(C(F)(F)F)c1C(C)=O. The molecule has 0 saturated heterocycles. The van der Waals surface area contributed by atoms with Crippen LogP contribution in [0.4, 0.5) is 17.6 Å². The first-order valence-electron chi connectivity index (χ1n) is 4.82. The second kappa shape index (κ2) is 4.73. The van der Waals surface area contributed by atoms with Gasteiger partial charge in [-0.2, -0.15) is 13.2 Å². The summed E-state index contributed by atoms with van der Waals surface area (Å²) in [5.74, 6) is -2.62. The van der Waals surface area contributed by atoms with Crippen molar-refractivity contribution in [3.8, 4) is 5.75 Å². The number of Topliss-reactive ketones (excluding diaryl/α,β-unsaturated/α-hetero) is 1. The fourth-order valence-corrected chi connectivity index (χ4v) is 1.46. The number of ketones is 1. The Morgan fingerprint density at radius 3 is 2.35 bits per heavy atom. The molecule has 0 aliphatic heterocycles. The Bertz CT molecular complexity index is 438. The molecule has 0 atom stereocenters. The third-order valence-corrected chi connectivity index (χ3v) is 2.05. The van der Waals surface area contributed by atoms with Gasteiger partial charge in [-0.05, 0) is 26.0 Å². The van der Waals surface area contributed by atoms with Crippen LogP contribution in [0.1, 0.15) is 29.8 Å². The van der Waals surface area contributed by atoms with E-state index < -0.39 is 28.9 Å². The van der Waals surface area contributed by atoms with Crippen molar-refractivity contribution in [2.24, 2.45) is 0 Å². The lowest BCUT2D eigenvalue weighted by atomic mass is 10.0. The standard InChI is InChI=1S/C11H10F4O2/c1-3-17-8-5-4-7(12)10(11(13,14)15)9(8)6(2)16/h4-5H,3H2,1-2H3. The molecule has 6 heteroatoms. The summed E-state index contributed by atoms with van der Waals surface area (Å²) < 4.78 is 56.0. The van der Waals surface area contributed by atoms with Crippen molar-refractivity contribution >= 4 is 5.78 Å². The third-order valence-electron chi connectivity index (χ3n) is 2.05. The van der Waals surface area contributed by atoms with Gasteiger partial charge in [0, 0.05) is 0 Å². The predicted molar refractivity (Wildman–Crippen MR) is 52.6 cm³/mol. The molecule has 17 heavy (non-hydrogen) atoms. The Hall–Kier alpha value is -1.59. The number of benzene rings is 1. The quantitative estimate of drug-likeness (QED) is 0.606. The lowest BCUT2D eigenvalue weighted by molar-refractivity contribution is -0.140. The van der Waals surface area contributed by atoms with E-state index >= 15 is 0 Å². The molecule has 0 heterocycles. The van der Waals surface area contributed by atoms with Crippen LogP contribution < -0.4 is 4.74 Å². The van der Waals surface area contributed by atoms with Gasteiger partial charge < -0.3 is 4.74 Å². The summed E-state index contributed by atoms with van der Waals surface area (Å²) in [5, 5.41) is 0. The molecule has 0 aromatic heterocycles. The molecular weight excluding hydrogens is 240 g/mol. The van der Waals surface area contributed by atoms with Crippen molar-refractivity contribution in [1.82, 2.24) is 0 Å². The number of hydrogen-bond acceptors (Lipinski definition) is 2. The molecule has 0 aliphatic rings. The van der Waals surface area contributed by atoms with Gasteiger partial charge in [-0.3, -0.25) is 4.79 Å². The van der Waals surface area contributed by atoms with E-state index in [1.807, 2.05) is 0 Å². The summed E-state index contributed by atoms with van der Waals surface area (Å²) in [6, 6.07) is 1.66. The Balaban J connectivity index is 3.55. The van der Waals surface area contributed by atoms with Crippen LogP contribution in [0.25, 0.3) is 0 Å². The summed E-state index contributed by atoms with van der Waals surface area (Å²) in [4.78, 5) is 11.2. The molecule has 0 aliphatic carbocycles. The molecule has 1 aromatic rings. The zero-order valence-electron chi connectivity index (χ0n) is 9.19. The number of alkyl halides is 3. The second-order valence-corrected chi connectivity index (χ2v) is 3.28. The number of rotatable bonds is 3. The second-order valence-electron chi connectivity index (χ2n) is 3.28. The Morgan fingerprint density at radius 1 is 1.35 bits per heavy atom. The highest BCUT2D eigenvalue weighted by atomic mass is 19.4. The monoisotopic (exact) mass is 250 g/mol. The number of halogens is 4. The van der Waals surface area contributed by atoms with Gasteiger partial charge in [0.15, 0.2) is 5.78 Å². The zero-order valence-corrected chi connectivity index (χ0v) is 9.19. The maximum absolute atomic E-state index is 13.2. The Labute approximate surface area is 95.2 Å². The van der Waals surface area contributed by atoms with Crippen molar-refractivity contribution in [3.05, 3.63) is 29.1 Å². The van der Waals surface area contributed by atoms with Crippen molar-refractivity contribution in [2.75, 3.05) is 6.61 Å². The summed E-state index contributed by atoms with van der Waals surface area (Å²) in [7, 11) is 0. The smallest absolute Gasteiger partial charge is 0.420 e. The van der Waals surface area contributed by atoms with E-state index in [1.54, 1.807) is 6.92 Å².